The molecule has 0 saturated carbocycles. The Morgan fingerprint density at radius 2 is 0.192 bits per heavy atom. The van der Waals surface area contributed by atoms with Crippen molar-refractivity contribution in [2.75, 3.05) is 128 Å². The average molecular weight is 2160 g/mol. The van der Waals surface area contributed by atoms with Crippen LogP contribution in [0.3, 0.4) is 0 Å². The molecule has 514 valence electrons. The zero-order valence-corrected chi connectivity index (χ0v) is 75.9. The first-order chi connectivity index (χ1) is 36.7. The van der Waals surface area contributed by atoms with Gasteiger partial charge in [0, 0.05) is 0 Å². The second-order valence-electron chi connectivity index (χ2n) is 3.18. The van der Waals surface area contributed by atoms with Gasteiger partial charge >= 0.3 is 0 Å². The van der Waals surface area contributed by atoms with Gasteiger partial charge in [-0.3, -0.25) is 0 Å². The molecule has 78 heavy (non-hydrogen) atoms. The summed E-state index contributed by atoms with van der Waals surface area (Å²) in [4.78, 5) is -0.519. The van der Waals surface area contributed by atoms with Crippen LogP contribution < -0.4 is 0 Å². The van der Waals surface area contributed by atoms with Crippen LogP contribution in [0.4, 0.5) is 0 Å². The SMILES string of the molecule is ClCCl.ClCCl.ClCCl.ClCCl.ClCCl.ClCCl.ClCCl.ClCCl.ClCCl.ClCCl.ClCCl.ClCCl.ClCCl.ClCCl.ClCCl.ClCCl.ClCCl.ClCCl.ClCCl.ClCCl.ClCCl.ClCCl.ClCCl.ClCCl.N#CCC(Cl)Cl. The van der Waals surface area contributed by atoms with E-state index in [0.29, 0.717) is 0 Å². The summed E-state index contributed by atoms with van der Waals surface area (Å²) in [7, 11) is 0. The van der Waals surface area contributed by atoms with Crippen molar-refractivity contribution < 1.29 is 0 Å². The Balaban J connectivity index is -0.0000000163. The van der Waals surface area contributed by atoms with Crippen LogP contribution in [-0.4, -0.2) is 133 Å². The predicted octanol–water partition coefficient (Wildman–Crippen LogP) is 35.8. The lowest BCUT2D eigenvalue weighted by Gasteiger charge is -1.82. The molecule has 51 heteroatoms. The van der Waals surface area contributed by atoms with Gasteiger partial charge in [0.05, 0.1) is 141 Å². The Labute approximate surface area is 718 Å². The molecule has 0 saturated heterocycles. The van der Waals surface area contributed by atoms with Crippen LogP contribution in [0.5, 0.6) is 0 Å². The molecule has 0 amide bonds. The van der Waals surface area contributed by atoms with E-state index >= 15 is 0 Å². The van der Waals surface area contributed by atoms with Crippen molar-refractivity contribution in [3.8, 4) is 6.07 Å². The van der Waals surface area contributed by atoms with E-state index in [9.17, 15) is 0 Å². The lowest BCUT2D eigenvalue weighted by atomic mass is 10.6. The van der Waals surface area contributed by atoms with E-state index in [2.05, 4.69) is 0 Å². The number of halogens is 50. The zero-order valence-electron chi connectivity index (χ0n) is 38.1. The standard InChI is InChI=1S/C3H3Cl2N.24CH2Cl2/c4-3(5)1-2-6;24*2-1-3/h3H,1H2;24*1H2. The summed E-state index contributed by atoms with van der Waals surface area (Å²) < 4.78 is 0. The first kappa shape index (κ1) is 170. The summed E-state index contributed by atoms with van der Waals surface area (Å²) in [5, 5.41) is 12.5. The fourth-order valence-electron chi connectivity index (χ4n) is 0.0690. The fraction of sp³-hybridized carbons (Fsp3) is 0.963. The largest absolute Gasteiger partial charge is 0.198 e. The Morgan fingerprint density at radius 1 is 0.154 bits per heavy atom. The second-order valence-corrected chi connectivity index (χ2v) is 23.8. The van der Waals surface area contributed by atoms with Crippen molar-refractivity contribution in [1.29, 1.82) is 5.26 Å². The normalized spacial score (nSPS) is 6.18. The highest BCUT2D eigenvalue weighted by Gasteiger charge is 1.91. The van der Waals surface area contributed by atoms with Gasteiger partial charge in [0.1, 0.15) is 4.84 Å². The summed E-state index contributed by atoms with van der Waals surface area (Å²) in [6.45, 7) is 0. The van der Waals surface area contributed by atoms with E-state index in [1.807, 2.05) is 0 Å². The summed E-state index contributed by atoms with van der Waals surface area (Å²) in [5.41, 5.74) is 0. The molecule has 0 N–H and O–H groups in total. The van der Waals surface area contributed by atoms with Crippen LogP contribution in [0, 0.1) is 11.3 Å². The summed E-state index contributed by atoms with van der Waals surface area (Å²) in [6.07, 6.45) is 0.211. The third kappa shape index (κ3) is 2470. The molecule has 0 rings (SSSR count). The minimum atomic E-state index is -0.519. The molecule has 0 spiro atoms. The van der Waals surface area contributed by atoms with Crippen LogP contribution >= 0.6 is 580 Å². The van der Waals surface area contributed by atoms with Crippen molar-refractivity contribution in [1.82, 2.24) is 0 Å². The minimum absolute atomic E-state index is 0.194. The fourth-order valence-corrected chi connectivity index (χ4v) is 0.207. The van der Waals surface area contributed by atoms with Crippen LogP contribution in [0.1, 0.15) is 6.42 Å². The molecule has 0 aliphatic carbocycles. The number of hydrogen-bond donors (Lipinski definition) is 0. The number of rotatable bonds is 1. The van der Waals surface area contributed by atoms with Gasteiger partial charge in [0.2, 0.25) is 0 Å². The molecule has 0 aromatic carbocycles. The molecular formula is C27H51Cl50N. The number of hydrogen-bond acceptors (Lipinski definition) is 1. The highest BCUT2D eigenvalue weighted by atomic mass is 35.6. The van der Waals surface area contributed by atoms with Gasteiger partial charge in [-0.2, -0.15) is 5.26 Å². The lowest BCUT2D eigenvalue weighted by Crippen LogP contribution is -1.78. The van der Waals surface area contributed by atoms with Gasteiger partial charge in [0.15, 0.2) is 0 Å². The van der Waals surface area contributed by atoms with Crippen molar-refractivity contribution in [2.24, 2.45) is 0 Å². The molecule has 0 heterocycles. The van der Waals surface area contributed by atoms with Gasteiger partial charge in [-0.15, -0.1) is 580 Å². The third-order valence-electron chi connectivity index (χ3n) is 0.246. The van der Waals surface area contributed by atoms with E-state index in [1.54, 1.807) is 6.07 Å². The van der Waals surface area contributed by atoms with Crippen LogP contribution in [0.2, 0.25) is 0 Å². The molecule has 0 aliphatic rings. The first-order valence-corrected chi connectivity index (χ1v) is 40.8. The maximum absolute atomic E-state index is 7.82. The van der Waals surface area contributed by atoms with Gasteiger partial charge in [-0.05, 0) is 0 Å². The molecule has 0 unspecified atom stereocenters. The highest BCUT2D eigenvalue weighted by molar-refractivity contribution is 6.47. The number of nitriles is 1. The van der Waals surface area contributed by atoms with E-state index in [4.69, 9.17) is 585 Å². The molecular weight excluding hydrogens is 2110 g/mol. The Kier molecular flexibility index (Phi) is 867. The molecule has 0 bridgehead atoms. The van der Waals surface area contributed by atoms with E-state index in [0.717, 1.165) is 0 Å². The topological polar surface area (TPSA) is 23.8 Å². The van der Waals surface area contributed by atoms with Crippen LogP contribution in [0.25, 0.3) is 0 Å². The first-order valence-electron chi connectivity index (χ1n) is 14.3. The molecule has 1 nitrogen and oxygen atoms in total. The number of nitrogens with zero attached hydrogens (tertiary/aromatic N) is 1. The smallest absolute Gasteiger partial charge is 0.120 e. The number of alkyl halides is 50. The molecule has 0 atom stereocenters. The zero-order chi connectivity index (χ0) is 70.0. The predicted molar refractivity (Wildman–Crippen MR) is 423 cm³/mol. The molecule has 0 aliphatic heterocycles. The van der Waals surface area contributed by atoms with Crippen LogP contribution in [0.15, 0.2) is 0 Å². The van der Waals surface area contributed by atoms with Gasteiger partial charge in [-0.25, -0.2) is 0 Å². The maximum Gasteiger partial charge on any atom is 0.120 e. The molecule has 0 fully saturated rings. The minimum Gasteiger partial charge on any atom is -0.198 e. The second kappa shape index (κ2) is 399. The monoisotopic (exact) mass is 2140 g/mol. The van der Waals surface area contributed by atoms with Gasteiger partial charge in [-0.1, -0.05) is 0 Å². The van der Waals surface area contributed by atoms with E-state index < -0.39 is 4.84 Å². The molecule has 0 aromatic rings. The maximum atomic E-state index is 7.82. The summed E-state index contributed by atoms with van der Waals surface area (Å²) in [5.74, 6) is 0. The van der Waals surface area contributed by atoms with Crippen molar-refractivity contribution in [3.05, 3.63) is 0 Å². The van der Waals surface area contributed by atoms with Crippen molar-refractivity contribution >= 4 is 580 Å². The molecule has 0 aromatic heterocycles. The van der Waals surface area contributed by atoms with E-state index in [1.165, 1.54) is 0 Å². The lowest BCUT2D eigenvalue weighted by molar-refractivity contribution is 1.16. The van der Waals surface area contributed by atoms with Crippen molar-refractivity contribution in [3.63, 3.8) is 0 Å². The van der Waals surface area contributed by atoms with Gasteiger partial charge in [0.25, 0.3) is 0 Å². The average Bonchev–Trinajstić information content (AvgIpc) is 3.31. The van der Waals surface area contributed by atoms with Gasteiger partial charge < -0.3 is 0 Å². The Bertz CT molecular complexity index is 304. The van der Waals surface area contributed by atoms with E-state index in [-0.39, 0.29) is 135 Å². The highest BCUT2D eigenvalue weighted by Crippen LogP contribution is 2.03. The Hall–Kier alpha value is 14.0. The van der Waals surface area contributed by atoms with Crippen molar-refractivity contribution in [2.45, 2.75) is 11.3 Å². The van der Waals surface area contributed by atoms with Crippen LogP contribution in [-0.2, 0) is 0 Å². The summed E-state index contributed by atoms with van der Waals surface area (Å²) in [6, 6.07) is 1.80. The quantitative estimate of drug-likeness (QED) is 0.240. The summed E-state index contributed by atoms with van der Waals surface area (Å²) >= 11 is 239. The Morgan fingerprint density at radius 3 is 0.192 bits per heavy atom. The molecule has 0 radical (unpaired) electrons. The third-order valence-corrected chi connectivity index (χ3v) is 0.554.